The van der Waals surface area contributed by atoms with E-state index in [4.69, 9.17) is 15.2 Å². The first-order valence-corrected chi connectivity index (χ1v) is 6.60. The smallest absolute Gasteiger partial charge is 0.124 e. The largest absolute Gasteiger partial charge is 0.497 e. The van der Waals surface area contributed by atoms with Crippen LogP contribution in [0.1, 0.15) is 38.2 Å². The van der Waals surface area contributed by atoms with E-state index >= 15 is 0 Å². The highest BCUT2D eigenvalue weighted by atomic mass is 16.5. The zero-order valence-electron chi connectivity index (χ0n) is 11.5. The Hall–Kier alpha value is -1.22. The molecular formula is C15H23NO2. The summed E-state index contributed by atoms with van der Waals surface area (Å²) in [6.07, 6.45) is 4.38. The van der Waals surface area contributed by atoms with Crippen molar-refractivity contribution in [3.05, 3.63) is 23.8 Å². The minimum atomic E-state index is -0.271. The van der Waals surface area contributed by atoms with Gasteiger partial charge in [0.1, 0.15) is 11.5 Å². The first-order valence-electron chi connectivity index (χ1n) is 6.60. The molecule has 1 aromatic rings. The van der Waals surface area contributed by atoms with Gasteiger partial charge in [0.25, 0.3) is 0 Å². The number of hydrogen-bond acceptors (Lipinski definition) is 3. The highest BCUT2D eigenvalue weighted by Gasteiger charge is 2.34. The van der Waals surface area contributed by atoms with Gasteiger partial charge in [-0.15, -0.1) is 0 Å². The van der Waals surface area contributed by atoms with Crippen molar-refractivity contribution < 1.29 is 9.47 Å². The van der Waals surface area contributed by atoms with Crippen LogP contribution in [0.4, 0.5) is 0 Å². The second-order valence-electron chi connectivity index (χ2n) is 5.40. The molecule has 2 rings (SSSR count). The summed E-state index contributed by atoms with van der Waals surface area (Å²) >= 11 is 0. The van der Waals surface area contributed by atoms with Crippen LogP contribution < -0.4 is 15.2 Å². The predicted octanol–water partition coefficient (Wildman–Crippen LogP) is 3.07. The third-order valence-corrected chi connectivity index (χ3v) is 4.11. The summed E-state index contributed by atoms with van der Waals surface area (Å²) in [5, 5.41) is 0. The molecule has 0 spiro atoms. The first kappa shape index (κ1) is 13.2. The average Bonchev–Trinajstić information content (AvgIpc) is 2.41. The first-order chi connectivity index (χ1) is 8.59. The topological polar surface area (TPSA) is 44.5 Å². The van der Waals surface area contributed by atoms with Gasteiger partial charge < -0.3 is 15.2 Å². The minimum absolute atomic E-state index is 0.271. The molecule has 0 radical (unpaired) electrons. The van der Waals surface area contributed by atoms with E-state index < -0.39 is 0 Å². The number of hydrogen-bond donors (Lipinski definition) is 1. The molecular weight excluding hydrogens is 226 g/mol. The number of methoxy groups -OCH3 is 2. The predicted molar refractivity (Wildman–Crippen MR) is 73.0 cm³/mol. The molecule has 0 bridgehead atoms. The Labute approximate surface area is 109 Å². The maximum Gasteiger partial charge on any atom is 0.124 e. The molecule has 3 heteroatoms. The van der Waals surface area contributed by atoms with Crippen LogP contribution in [0.3, 0.4) is 0 Å². The summed E-state index contributed by atoms with van der Waals surface area (Å²) in [5.41, 5.74) is 7.42. The maximum atomic E-state index is 6.61. The number of rotatable bonds is 3. The van der Waals surface area contributed by atoms with Gasteiger partial charge in [-0.3, -0.25) is 0 Å². The molecule has 0 atom stereocenters. The Morgan fingerprint density at radius 1 is 1.17 bits per heavy atom. The van der Waals surface area contributed by atoms with E-state index in [1.54, 1.807) is 14.2 Å². The molecule has 0 aromatic heterocycles. The lowest BCUT2D eigenvalue weighted by Crippen LogP contribution is -2.40. The number of ether oxygens (including phenoxy) is 2. The quantitative estimate of drug-likeness (QED) is 0.895. The van der Waals surface area contributed by atoms with Gasteiger partial charge in [-0.25, -0.2) is 0 Å². The van der Waals surface area contributed by atoms with E-state index in [9.17, 15) is 0 Å². The molecule has 1 aliphatic rings. The molecule has 0 amide bonds. The molecule has 2 N–H and O–H groups in total. The van der Waals surface area contributed by atoms with Crippen LogP contribution in [0.2, 0.25) is 0 Å². The Bertz CT molecular complexity index is 409. The number of nitrogens with two attached hydrogens (primary N) is 1. The summed E-state index contributed by atoms with van der Waals surface area (Å²) < 4.78 is 10.8. The van der Waals surface area contributed by atoms with E-state index in [-0.39, 0.29) is 5.54 Å². The van der Waals surface area contributed by atoms with Crippen molar-refractivity contribution in [3.63, 3.8) is 0 Å². The zero-order chi connectivity index (χ0) is 13.2. The van der Waals surface area contributed by atoms with Crippen LogP contribution in [-0.4, -0.2) is 14.2 Å². The van der Waals surface area contributed by atoms with Crippen molar-refractivity contribution in [2.75, 3.05) is 14.2 Å². The second kappa shape index (κ2) is 5.19. The van der Waals surface area contributed by atoms with Gasteiger partial charge in [-0.05, 0) is 49.8 Å². The lowest BCUT2D eigenvalue weighted by Gasteiger charge is -2.37. The van der Waals surface area contributed by atoms with E-state index in [0.717, 1.165) is 35.8 Å². The van der Waals surface area contributed by atoms with Crippen molar-refractivity contribution in [3.8, 4) is 11.5 Å². The van der Waals surface area contributed by atoms with Crippen LogP contribution in [-0.2, 0) is 5.54 Å². The normalized spacial score (nSPS) is 27.9. The fourth-order valence-electron chi connectivity index (χ4n) is 2.75. The van der Waals surface area contributed by atoms with Crippen LogP contribution in [0.5, 0.6) is 11.5 Å². The van der Waals surface area contributed by atoms with Gasteiger partial charge in [0.15, 0.2) is 0 Å². The molecule has 18 heavy (non-hydrogen) atoms. The van der Waals surface area contributed by atoms with Crippen molar-refractivity contribution in [2.24, 2.45) is 11.7 Å². The second-order valence-corrected chi connectivity index (χ2v) is 5.40. The third kappa shape index (κ3) is 2.46. The zero-order valence-corrected chi connectivity index (χ0v) is 11.5. The molecule has 0 saturated heterocycles. The van der Waals surface area contributed by atoms with Gasteiger partial charge in [0, 0.05) is 11.1 Å². The van der Waals surface area contributed by atoms with Crippen LogP contribution in [0.25, 0.3) is 0 Å². The molecule has 1 aromatic carbocycles. The van der Waals surface area contributed by atoms with Crippen molar-refractivity contribution >= 4 is 0 Å². The summed E-state index contributed by atoms with van der Waals surface area (Å²) in [6.45, 7) is 2.29. The Morgan fingerprint density at radius 3 is 2.39 bits per heavy atom. The monoisotopic (exact) mass is 249 g/mol. The van der Waals surface area contributed by atoms with Gasteiger partial charge in [0.05, 0.1) is 14.2 Å². The lowest BCUT2D eigenvalue weighted by molar-refractivity contribution is 0.240. The molecule has 100 valence electrons. The van der Waals surface area contributed by atoms with Crippen molar-refractivity contribution in [1.29, 1.82) is 0 Å². The van der Waals surface area contributed by atoms with Gasteiger partial charge in [-0.2, -0.15) is 0 Å². The van der Waals surface area contributed by atoms with Gasteiger partial charge in [-0.1, -0.05) is 6.92 Å². The van der Waals surface area contributed by atoms with E-state index in [1.165, 1.54) is 12.8 Å². The molecule has 1 saturated carbocycles. The fraction of sp³-hybridized carbons (Fsp3) is 0.600. The number of benzene rings is 1. The van der Waals surface area contributed by atoms with Gasteiger partial charge in [0.2, 0.25) is 0 Å². The van der Waals surface area contributed by atoms with E-state index in [2.05, 4.69) is 6.92 Å². The summed E-state index contributed by atoms with van der Waals surface area (Å²) in [6, 6.07) is 5.88. The summed E-state index contributed by atoms with van der Waals surface area (Å²) in [5.74, 6) is 2.49. The minimum Gasteiger partial charge on any atom is -0.497 e. The van der Waals surface area contributed by atoms with Crippen molar-refractivity contribution in [2.45, 2.75) is 38.1 Å². The SMILES string of the molecule is COc1ccc(OC)c(C2(N)CCC(C)CC2)c1. The Kier molecular flexibility index (Phi) is 3.81. The molecule has 1 fully saturated rings. The summed E-state index contributed by atoms with van der Waals surface area (Å²) in [7, 11) is 3.37. The highest BCUT2D eigenvalue weighted by molar-refractivity contribution is 5.44. The van der Waals surface area contributed by atoms with E-state index in [0.29, 0.717) is 0 Å². The molecule has 0 unspecified atom stereocenters. The van der Waals surface area contributed by atoms with Crippen LogP contribution in [0.15, 0.2) is 18.2 Å². The lowest BCUT2D eigenvalue weighted by atomic mass is 9.73. The maximum absolute atomic E-state index is 6.61. The van der Waals surface area contributed by atoms with E-state index in [1.807, 2.05) is 18.2 Å². The third-order valence-electron chi connectivity index (χ3n) is 4.11. The Balaban J connectivity index is 2.35. The fourth-order valence-corrected chi connectivity index (χ4v) is 2.75. The van der Waals surface area contributed by atoms with Crippen LogP contribution in [0, 0.1) is 5.92 Å². The average molecular weight is 249 g/mol. The summed E-state index contributed by atoms with van der Waals surface area (Å²) in [4.78, 5) is 0. The van der Waals surface area contributed by atoms with Crippen LogP contribution >= 0.6 is 0 Å². The highest BCUT2D eigenvalue weighted by Crippen LogP contribution is 2.42. The molecule has 0 aliphatic heterocycles. The molecule has 1 aliphatic carbocycles. The molecule has 3 nitrogen and oxygen atoms in total. The van der Waals surface area contributed by atoms with Gasteiger partial charge >= 0.3 is 0 Å². The Morgan fingerprint density at radius 2 is 1.83 bits per heavy atom. The standard InChI is InChI=1S/C15H23NO2/c1-11-6-8-15(16,9-7-11)13-10-12(17-2)4-5-14(13)18-3/h4-5,10-11H,6-9,16H2,1-3H3. The van der Waals surface area contributed by atoms with Crippen molar-refractivity contribution in [1.82, 2.24) is 0 Å². The molecule has 0 heterocycles.